The number of nitrogens with one attached hydrogen (secondary N) is 1. The van der Waals surface area contributed by atoms with E-state index < -0.39 is 0 Å². The number of amides is 1. The summed E-state index contributed by atoms with van der Waals surface area (Å²) in [5.74, 6) is 1.66. The number of hydrogen-bond acceptors (Lipinski definition) is 7. The summed E-state index contributed by atoms with van der Waals surface area (Å²) in [6, 6.07) is 3.85. The monoisotopic (exact) mass is 423 g/mol. The average Bonchev–Trinajstić information content (AvgIpc) is 3.41. The van der Waals surface area contributed by atoms with Gasteiger partial charge >= 0.3 is 0 Å². The third-order valence-corrected chi connectivity index (χ3v) is 6.28. The van der Waals surface area contributed by atoms with Crippen LogP contribution in [0.4, 0.5) is 10.9 Å². The zero-order valence-electron chi connectivity index (χ0n) is 17.6. The van der Waals surface area contributed by atoms with Gasteiger partial charge in [0.2, 0.25) is 5.91 Å². The lowest BCUT2D eigenvalue weighted by Gasteiger charge is -2.15. The summed E-state index contributed by atoms with van der Waals surface area (Å²) in [6.45, 7) is 7.32. The van der Waals surface area contributed by atoms with Crippen LogP contribution in [0, 0.1) is 20.8 Å². The van der Waals surface area contributed by atoms with Crippen LogP contribution in [0.25, 0.3) is 6.08 Å². The lowest BCUT2D eigenvalue weighted by Crippen LogP contribution is -2.26. The van der Waals surface area contributed by atoms with E-state index in [2.05, 4.69) is 32.3 Å². The van der Waals surface area contributed by atoms with Crippen LogP contribution >= 0.6 is 11.3 Å². The van der Waals surface area contributed by atoms with E-state index in [1.807, 2.05) is 37.9 Å². The molecule has 1 aliphatic heterocycles. The van der Waals surface area contributed by atoms with Crippen molar-refractivity contribution in [1.82, 2.24) is 29.6 Å². The van der Waals surface area contributed by atoms with E-state index in [-0.39, 0.29) is 11.8 Å². The van der Waals surface area contributed by atoms with Gasteiger partial charge in [0, 0.05) is 49.3 Å². The van der Waals surface area contributed by atoms with Gasteiger partial charge in [0.1, 0.15) is 11.6 Å². The predicted molar refractivity (Wildman–Crippen MR) is 118 cm³/mol. The highest BCUT2D eigenvalue weighted by molar-refractivity contribution is 7.15. The third kappa shape index (κ3) is 4.40. The highest BCUT2D eigenvalue weighted by atomic mass is 32.1. The van der Waals surface area contributed by atoms with E-state index in [9.17, 15) is 4.79 Å². The molecule has 4 heterocycles. The normalized spacial score (nSPS) is 16.5. The van der Waals surface area contributed by atoms with Crippen molar-refractivity contribution in [3.8, 4) is 0 Å². The Morgan fingerprint density at radius 3 is 2.80 bits per heavy atom. The van der Waals surface area contributed by atoms with Crippen molar-refractivity contribution in [2.45, 2.75) is 33.1 Å². The van der Waals surface area contributed by atoms with Crippen molar-refractivity contribution in [3.05, 3.63) is 52.2 Å². The number of carbonyl (C=O) groups excluding carboxylic acids is 1. The number of hydrogen-bond donors (Lipinski definition) is 1. The van der Waals surface area contributed by atoms with Crippen molar-refractivity contribution in [2.75, 3.05) is 18.4 Å². The van der Waals surface area contributed by atoms with Crippen molar-refractivity contribution < 1.29 is 4.79 Å². The van der Waals surface area contributed by atoms with Crippen LogP contribution in [0.5, 0.6) is 0 Å². The molecule has 8 nitrogen and oxygen atoms in total. The maximum absolute atomic E-state index is 12.6. The molecule has 1 atom stereocenters. The molecule has 0 saturated carbocycles. The van der Waals surface area contributed by atoms with Gasteiger partial charge in [0.15, 0.2) is 5.13 Å². The van der Waals surface area contributed by atoms with E-state index in [0.29, 0.717) is 12.4 Å². The second-order valence-electron chi connectivity index (χ2n) is 7.49. The van der Waals surface area contributed by atoms with E-state index in [4.69, 9.17) is 0 Å². The zero-order valence-corrected chi connectivity index (χ0v) is 18.4. The molecule has 3 aromatic heterocycles. The Balaban J connectivity index is 1.44. The molecule has 1 fully saturated rings. The molecule has 1 aliphatic rings. The second-order valence-corrected chi connectivity index (χ2v) is 8.70. The van der Waals surface area contributed by atoms with Gasteiger partial charge in [-0.05, 0) is 39.3 Å². The molecule has 1 N–H and O–H groups in total. The quantitative estimate of drug-likeness (QED) is 0.633. The van der Waals surface area contributed by atoms with Crippen molar-refractivity contribution in [1.29, 1.82) is 0 Å². The molecular weight excluding hydrogens is 398 g/mol. The lowest BCUT2D eigenvalue weighted by molar-refractivity contribution is -0.124. The summed E-state index contributed by atoms with van der Waals surface area (Å²) >= 11 is 1.61. The fourth-order valence-electron chi connectivity index (χ4n) is 3.51. The summed E-state index contributed by atoms with van der Waals surface area (Å²) in [5, 5.41) is 8.25. The summed E-state index contributed by atoms with van der Waals surface area (Å²) in [4.78, 5) is 29.3. The molecule has 1 unspecified atom stereocenters. The van der Waals surface area contributed by atoms with Crippen LogP contribution in [0.1, 0.15) is 40.1 Å². The molecule has 9 heteroatoms. The van der Waals surface area contributed by atoms with Crippen LogP contribution in [0.3, 0.4) is 0 Å². The lowest BCUT2D eigenvalue weighted by atomic mass is 10.0. The van der Waals surface area contributed by atoms with E-state index in [1.54, 1.807) is 34.4 Å². The fraction of sp³-hybridized carbons (Fsp3) is 0.381. The zero-order chi connectivity index (χ0) is 21.3. The number of likely N-dealkylation sites (tertiary alicyclic amines) is 1. The Morgan fingerprint density at radius 2 is 2.10 bits per heavy atom. The first-order valence-corrected chi connectivity index (χ1v) is 10.7. The Kier molecular flexibility index (Phi) is 5.63. The minimum absolute atomic E-state index is 0.0107. The van der Waals surface area contributed by atoms with Crippen LogP contribution in [-0.2, 0) is 11.8 Å². The first-order chi connectivity index (χ1) is 14.4. The average molecular weight is 424 g/mol. The second kappa shape index (κ2) is 8.35. The standard InChI is InChI=1S/C21H25N7OS/c1-13-14(2)30-21(23-13)26-19-11-18(24-15(3)25-19)16-8-10-28(12-16)20(29)6-5-17-7-9-22-27(17)4/h5-7,9,11,16H,8,10,12H2,1-4H3,(H,23,24,25,26). The molecular formula is C21H25N7OS. The molecule has 0 aliphatic carbocycles. The largest absolute Gasteiger partial charge is 0.338 e. The van der Waals surface area contributed by atoms with Crippen LogP contribution in [-0.4, -0.2) is 48.6 Å². The number of carbonyl (C=O) groups is 1. The molecule has 0 spiro atoms. The smallest absolute Gasteiger partial charge is 0.246 e. The van der Waals surface area contributed by atoms with Crippen molar-refractivity contribution in [2.24, 2.45) is 7.05 Å². The van der Waals surface area contributed by atoms with E-state index in [1.165, 1.54) is 4.88 Å². The Hall–Kier alpha value is -3.07. The van der Waals surface area contributed by atoms with Gasteiger partial charge in [-0.1, -0.05) is 0 Å². The molecule has 3 aromatic rings. The van der Waals surface area contributed by atoms with Gasteiger partial charge < -0.3 is 10.2 Å². The minimum atomic E-state index is 0.0107. The number of aromatic nitrogens is 5. The molecule has 0 bridgehead atoms. The molecule has 4 rings (SSSR count). The molecule has 0 radical (unpaired) electrons. The highest BCUT2D eigenvalue weighted by Gasteiger charge is 2.28. The van der Waals surface area contributed by atoms with Crippen LogP contribution in [0.15, 0.2) is 24.4 Å². The van der Waals surface area contributed by atoms with Gasteiger partial charge in [-0.3, -0.25) is 9.48 Å². The van der Waals surface area contributed by atoms with Gasteiger partial charge in [-0.25, -0.2) is 15.0 Å². The van der Waals surface area contributed by atoms with Gasteiger partial charge in [0.05, 0.1) is 17.1 Å². The summed E-state index contributed by atoms with van der Waals surface area (Å²) < 4.78 is 1.74. The first kappa shape index (κ1) is 20.2. The van der Waals surface area contributed by atoms with Gasteiger partial charge in [-0.15, -0.1) is 11.3 Å². The number of thiazole rings is 1. The maximum Gasteiger partial charge on any atom is 0.246 e. The van der Waals surface area contributed by atoms with Crippen molar-refractivity contribution >= 4 is 34.3 Å². The van der Waals surface area contributed by atoms with Crippen LogP contribution < -0.4 is 5.32 Å². The Morgan fingerprint density at radius 1 is 1.27 bits per heavy atom. The molecule has 30 heavy (non-hydrogen) atoms. The molecule has 1 amide bonds. The van der Waals surface area contributed by atoms with Crippen molar-refractivity contribution in [3.63, 3.8) is 0 Å². The van der Waals surface area contributed by atoms with Gasteiger partial charge in [0.25, 0.3) is 0 Å². The SMILES string of the molecule is Cc1nc(Nc2nc(C)c(C)s2)cc(C2CCN(C(=O)C=Cc3ccnn3C)C2)n1. The summed E-state index contributed by atoms with van der Waals surface area (Å²) in [5.41, 5.74) is 2.88. The van der Waals surface area contributed by atoms with Crippen LogP contribution in [0.2, 0.25) is 0 Å². The number of nitrogens with zero attached hydrogens (tertiary/aromatic N) is 6. The van der Waals surface area contributed by atoms with E-state index in [0.717, 1.165) is 41.0 Å². The fourth-order valence-corrected chi connectivity index (χ4v) is 4.33. The highest BCUT2D eigenvalue weighted by Crippen LogP contribution is 2.29. The van der Waals surface area contributed by atoms with Gasteiger partial charge in [-0.2, -0.15) is 5.10 Å². The minimum Gasteiger partial charge on any atom is -0.338 e. The summed E-state index contributed by atoms with van der Waals surface area (Å²) in [6.07, 6.45) is 6.02. The first-order valence-electron chi connectivity index (χ1n) is 9.90. The molecule has 0 aromatic carbocycles. The Labute approximate surface area is 179 Å². The molecule has 1 saturated heterocycles. The topological polar surface area (TPSA) is 88.8 Å². The Bertz CT molecular complexity index is 1080. The summed E-state index contributed by atoms with van der Waals surface area (Å²) in [7, 11) is 1.85. The third-order valence-electron chi connectivity index (χ3n) is 5.29. The number of aryl methyl sites for hydroxylation is 4. The maximum atomic E-state index is 12.6. The molecule has 156 valence electrons. The van der Waals surface area contributed by atoms with E-state index >= 15 is 0 Å². The number of anilines is 2. The number of rotatable bonds is 5. The predicted octanol–water partition coefficient (Wildman–Crippen LogP) is 3.36.